The van der Waals surface area contributed by atoms with Gasteiger partial charge in [0, 0.05) is 28.2 Å². The van der Waals surface area contributed by atoms with Crippen molar-refractivity contribution in [1.29, 1.82) is 0 Å². The van der Waals surface area contributed by atoms with Gasteiger partial charge in [0.05, 0.1) is 11.5 Å². The Morgan fingerprint density at radius 3 is 1.75 bits per heavy atom. The van der Waals surface area contributed by atoms with Gasteiger partial charge in [0.2, 0.25) is 0 Å². The summed E-state index contributed by atoms with van der Waals surface area (Å²) in [4.78, 5) is 2.52. The van der Waals surface area contributed by atoms with E-state index in [0.717, 1.165) is 28.7 Å². The first-order valence-electron chi connectivity index (χ1n) is 19.3. The molecule has 0 aliphatic heterocycles. The Hall–Kier alpha value is -6.90. The molecular weight excluding hydrogens is 667 g/mol. The molecule has 1 heterocycles. The Bertz CT molecular complexity index is 3030. The Morgan fingerprint density at radius 2 is 1.05 bits per heavy atom. The molecule has 3 aliphatic rings. The molecular formula is C53H35NO. The molecule has 0 saturated heterocycles. The van der Waals surface area contributed by atoms with E-state index < -0.39 is 5.41 Å². The quantitative estimate of drug-likeness (QED) is 0.182. The second-order valence-corrected chi connectivity index (χ2v) is 15.1. The number of hydrogen-bond acceptors (Lipinski definition) is 2. The second kappa shape index (κ2) is 11.5. The molecule has 0 saturated carbocycles. The van der Waals surface area contributed by atoms with Gasteiger partial charge in [-0.2, -0.15) is 0 Å². The summed E-state index contributed by atoms with van der Waals surface area (Å²) >= 11 is 0. The molecule has 1 unspecified atom stereocenters. The van der Waals surface area contributed by atoms with Crippen molar-refractivity contribution in [2.24, 2.45) is 0 Å². The van der Waals surface area contributed by atoms with Crippen molar-refractivity contribution in [3.63, 3.8) is 0 Å². The highest BCUT2D eigenvalue weighted by atomic mass is 16.3. The average molecular weight is 702 g/mol. The van der Waals surface area contributed by atoms with Gasteiger partial charge in [-0.3, -0.25) is 0 Å². The van der Waals surface area contributed by atoms with E-state index in [-0.39, 0.29) is 6.04 Å². The number of furan rings is 1. The van der Waals surface area contributed by atoms with Crippen LogP contribution in [0.25, 0.3) is 66.1 Å². The smallest absolute Gasteiger partial charge is 0.137 e. The molecule has 2 nitrogen and oxygen atoms in total. The van der Waals surface area contributed by atoms with Crippen molar-refractivity contribution in [3.8, 4) is 33.4 Å². The minimum Gasteiger partial charge on any atom is -0.456 e. The van der Waals surface area contributed by atoms with E-state index in [9.17, 15) is 0 Å². The maximum Gasteiger partial charge on any atom is 0.137 e. The summed E-state index contributed by atoms with van der Waals surface area (Å²) in [7, 11) is 0. The fourth-order valence-electron chi connectivity index (χ4n) is 10.2. The van der Waals surface area contributed by atoms with Crippen molar-refractivity contribution >= 4 is 44.1 Å². The van der Waals surface area contributed by atoms with Crippen LogP contribution in [0.15, 0.2) is 199 Å². The van der Waals surface area contributed by atoms with Gasteiger partial charge in [0.15, 0.2) is 0 Å². The summed E-state index contributed by atoms with van der Waals surface area (Å²) in [6.07, 6.45) is 9.87. The topological polar surface area (TPSA) is 16.4 Å². The van der Waals surface area contributed by atoms with Crippen molar-refractivity contribution in [3.05, 3.63) is 216 Å². The number of rotatable bonds is 4. The van der Waals surface area contributed by atoms with Gasteiger partial charge in [-0.15, -0.1) is 0 Å². The number of allylic oxidation sites excluding steroid dienone is 2. The Balaban J connectivity index is 1.08. The van der Waals surface area contributed by atoms with Crippen LogP contribution in [0.3, 0.4) is 0 Å². The highest BCUT2D eigenvalue weighted by Crippen LogP contribution is 2.63. The van der Waals surface area contributed by atoms with Gasteiger partial charge in [-0.25, -0.2) is 0 Å². The monoisotopic (exact) mass is 701 g/mol. The largest absolute Gasteiger partial charge is 0.456 e. The van der Waals surface area contributed by atoms with E-state index >= 15 is 0 Å². The summed E-state index contributed by atoms with van der Waals surface area (Å²) in [5.41, 5.74) is 16.7. The van der Waals surface area contributed by atoms with Crippen LogP contribution in [-0.4, -0.2) is 6.04 Å². The van der Waals surface area contributed by atoms with Crippen molar-refractivity contribution in [1.82, 2.24) is 0 Å². The summed E-state index contributed by atoms with van der Waals surface area (Å²) in [6.45, 7) is 0. The number of fused-ring (bicyclic) bond motifs is 15. The van der Waals surface area contributed by atoms with E-state index in [4.69, 9.17) is 4.42 Å². The molecule has 2 heteroatoms. The van der Waals surface area contributed by atoms with Crippen LogP contribution in [-0.2, 0) is 5.41 Å². The molecule has 3 aliphatic carbocycles. The lowest BCUT2D eigenvalue weighted by atomic mass is 9.70. The van der Waals surface area contributed by atoms with E-state index in [2.05, 4.69) is 199 Å². The summed E-state index contributed by atoms with van der Waals surface area (Å²) < 4.78 is 6.85. The van der Waals surface area contributed by atoms with Crippen LogP contribution in [0.4, 0.5) is 11.4 Å². The zero-order valence-corrected chi connectivity index (χ0v) is 30.1. The molecule has 1 spiro atoms. The maximum atomic E-state index is 6.85. The second-order valence-electron chi connectivity index (χ2n) is 15.1. The van der Waals surface area contributed by atoms with Gasteiger partial charge in [-0.1, -0.05) is 158 Å². The molecule has 0 N–H and O–H groups in total. The molecule has 0 radical (unpaired) electrons. The van der Waals surface area contributed by atoms with Gasteiger partial charge in [-0.05, 0) is 103 Å². The van der Waals surface area contributed by atoms with Crippen LogP contribution >= 0.6 is 0 Å². The minimum atomic E-state index is -0.399. The predicted octanol–water partition coefficient (Wildman–Crippen LogP) is 13.8. The first kappa shape index (κ1) is 30.6. The average Bonchev–Trinajstić information content (AvgIpc) is 3.88. The summed E-state index contributed by atoms with van der Waals surface area (Å²) in [6, 6.07) is 62.9. The molecule has 0 amide bonds. The van der Waals surface area contributed by atoms with Gasteiger partial charge >= 0.3 is 0 Å². The third-order valence-electron chi connectivity index (χ3n) is 12.4. The number of hydrogen-bond donors (Lipinski definition) is 0. The molecule has 1 atom stereocenters. The predicted molar refractivity (Wildman–Crippen MR) is 228 cm³/mol. The molecule has 8 aromatic carbocycles. The van der Waals surface area contributed by atoms with Crippen LogP contribution in [0, 0.1) is 0 Å². The lowest BCUT2D eigenvalue weighted by Crippen LogP contribution is -2.31. The third-order valence-corrected chi connectivity index (χ3v) is 12.4. The Morgan fingerprint density at radius 1 is 0.455 bits per heavy atom. The highest BCUT2D eigenvalue weighted by Gasteiger charge is 2.51. The van der Waals surface area contributed by atoms with Gasteiger partial charge in [0.25, 0.3) is 0 Å². The lowest BCUT2D eigenvalue weighted by molar-refractivity contribution is 0.669. The van der Waals surface area contributed by atoms with Crippen LogP contribution < -0.4 is 4.90 Å². The number of anilines is 2. The molecule has 12 rings (SSSR count). The first-order valence-corrected chi connectivity index (χ1v) is 19.3. The number of benzene rings is 8. The number of nitrogens with zero attached hydrogens (tertiary/aromatic N) is 1. The SMILES string of the molecule is C1=CCC(N(c2ccc3c(c2)C2(c4ccccc4-c4ccccc42)c2ccccc2-3)c2ccc3c(c2)oc2cc(-c4ccccc4)c4ccccc4c23)C=C1. The van der Waals surface area contributed by atoms with Crippen LogP contribution in [0.2, 0.25) is 0 Å². The Kier molecular flexibility index (Phi) is 6.41. The molecule has 0 fully saturated rings. The zero-order valence-electron chi connectivity index (χ0n) is 30.1. The maximum absolute atomic E-state index is 6.85. The molecule has 0 bridgehead atoms. The summed E-state index contributed by atoms with van der Waals surface area (Å²) in [5.74, 6) is 0. The van der Waals surface area contributed by atoms with Crippen molar-refractivity contribution < 1.29 is 4.42 Å². The van der Waals surface area contributed by atoms with E-state index in [1.807, 2.05) is 0 Å². The molecule has 258 valence electrons. The van der Waals surface area contributed by atoms with Crippen molar-refractivity contribution in [2.45, 2.75) is 17.9 Å². The van der Waals surface area contributed by atoms with E-state index in [1.165, 1.54) is 77.5 Å². The minimum absolute atomic E-state index is 0.137. The zero-order chi connectivity index (χ0) is 36.1. The van der Waals surface area contributed by atoms with Crippen molar-refractivity contribution in [2.75, 3.05) is 4.90 Å². The molecule has 55 heavy (non-hydrogen) atoms. The third kappa shape index (κ3) is 4.20. The van der Waals surface area contributed by atoms with E-state index in [0.29, 0.717) is 0 Å². The van der Waals surface area contributed by atoms with Crippen LogP contribution in [0.1, 0.15) is 28.7 Å². The Labute approximate surface area is 319 Å². The van der Waals surface area contributed by atoms with Crippen LogP contribution in [0.5, 0.6) is 0 Å². The fraction of sp³-hybridized carbons (Fsp3) is 0.0566. The first-order chi connectivity index (χ1) is 27.3. The van der Waals surface area contributed by atoms with Gasteiger partial charge in [0.1, 0.15) is 11.2 Å². The fourth-order valence-corrected chi connectivity index (χ4v) is 10.2. The normalized spacial score (nSPS) is 15.7. The van der Waals surface area contributed by atoms with E-state index in [1.54, 1.807) is 0 Å². The highest BCUT2D eigenvalue weighted by molar-refractivity contribution is 6.22. The van der Waals surface area contributed by atoms with Gasteiger partial charge < -0.3 is 9.32 Å². The standard InChI is InChI=1S/C53H35NO/c1-3-15-34(16-4-1)45-33-51-52(43-23-8-7-19-38(43)45)44-30-28-37(32-50(44)55-51)54(35-17-5-2-6-18-35)36-27-29-42-41-22-11-14-26-48(41)53(49(42)31-36)46-24-12-9-20-39(46)40-21-10-13-25-47(40)53/h1-17,19-33,35H,18H2. The molecule has 1 aromatic heterocycles. The summed E-state index contributed by atoms with van der Waals surface area (Å²) in [5, 5.41) is 4.75. The molecule has 9 aromatic rings. The lowest BCUT2D eigenvalue weighted by Gasteiger charge is -2.35.